The molecule has 0 saturated heterocycles. The first-order valence-corrected chi connectivity index (χ1v) is 5.28. The smallest absolute Gasteiger partial charge is 0.332 e. The number of carbonyl (C=O) groups excluding carboxylic acids is 1. The van der Waals surface area contributed by atoms with Crippen molar-refractivity contribution in [1.29, 1.82) is 0 Å². The fraction of sp³-hybridized carbons (Fsp3) is 0.800. The van der Waals surface area contributed by atoms with Gasteiger partial charge in [-0.3, -0.25) is 4.79 Å². The molecule has 0 aromatic rings. The van der Waals surface area contributed by atoms with Gasteiger partial charge >= 0.3 is 5.97 Å². The van der Waals surface area contributed by atoms with E-state index in [9.17, 15) is 9.59 Å². The molecule has 5 N–H and O–H groups in total. The summed E-state index contributed by atoms with van der Waals surface area (Å²) in [6, 6.07) is -0.582. The first kappa shape index (κ1) is 14.9. The molecule has 0 heterocycles. The number of aliphatic carboxylic acids is 1. The number of hydrogen-bond donors (Lipinski definition) is 4. The van der Waals surface area contributed by atoms with Crippen molar-refractivity contribution >= 4 is 11.9 Å². The van der Waals surface area contributed by atoms with Crippen LogP contribution in [0.4, 0.5) is 0 Å². The molecule has 1 amide bonds. The van der Waals surface area contributed by atoms with Crippen molar-refractivity contribution in [2.75, 3.05) is 6.54 Å². The number of carbonyl (C=O) groups is 2. The lowest BCUT2D eigenvalue weighted by molar-refractivity contribution is -0.147. The number of nitrogens with two attached hydrogens (primary N) is 1. The summed E-state index contributed by atoms with van der Waals surface area (Å²) in [5.74, 6) is -1.28. The highest BCUT2D eigenvalue weighted by atomic mass is 16.4. The Bertz CT molecular complexity index is 243. The molecule has 0 aliphatic carbocycles. The molecular formula is C10H20N2O4. The number of aliphatic hydroxyl groups is 1. The molecule has 0 aliphatic heterocycles. The van der Waals surface area contributed by atoms with Crippen LogP contribution in [0.5, 0.6) is 0 Å². The van der Waals surface area contributed by atoms with Crippen molar-refractivity contribution in [3.63, 3.8) is 0 Å². The number of aliphatic hydroxyl groups excluding tert-OH is 1. The lowest BCUT2D eigenvalue weighted by Crippen LogP contribution is -2.42. The molecule has 0 aromatic carbocycles. The second kappa shape index (κ2) is 7.19. The minimum atomic E-state index is -1.44. The Hall–Kier alpha value is -1.14. The molecule has 0 rings (SSSR count). The molecule has 0 bridgehead atoms. The summed E-state index contributed by atoms with van der Waals surface area (Å²) in [5.41, 5.74) is 5.60. The normalized spacial score (nSPS) is 14.6. The Morgan fingerprint density at radius 1 is 1.38 bits per heavy atom. The van der Waals surface area contributed by atoms with Crippen LogP contribution in [0.3, 0.4) is 0 Å². The van der Waals surface area contributed by atoms with Gasteiger partial charge in [-0.05, 0) is 12.3 Å². The van der Waals surface area contributed by atoms with E-state index in [0.29, 0.717) is 12.3 Å². The number of carboxylic acid groups (broad SMARTS) is 1. The van der Waals surface area contributed by atoms with Gasteiger partial charge in [-0.25, -0.2) is 4.79 Å². The zero-order valence-corrected chi connectivity index (χ0v) is 9.64. The van der Waals surface area contributed by atoms with E-state index in [0.717, 1.165) is 0 Å². The molecule has 0 aliphatic rings. The summed E-state index contributed by atoms with van der Waals surface area (Å²) in [6.45, 7) is 4.03. The average molecular weight is 232 g/mol. The van der Waals surface area contributed by atoms with E-state index in [1.54, 1.807) is 0 Å². The fourth-order valence-corrected chi connectivity index (χ4v) is 1.20. The first-order valence-electron chi connectivity index (χ1n) is 5.28. The van der Waals surface area contributed by atoms with E-state index in [4.69, 9.17) is 15.9 Å². The van der Waals surface area contributed by atoms with Crippen molar-refractivity contribution in [1.82, 2.24) is 5.32 Å². The Kier molecular flexibility index (Phi) is 6.67. The SMILES string of the molecule is CC(C)C[C@H](N)C(=O)NCCC(O)C(=O)O. The third-order valence-corrected chi connectivity index (χ3v) is 2.06. The van der Waals surface area contributed by atoms with E-state index in [2.05, 4.69) is 5.32 Å². The summed E-state index contributed by atoms with van der Waals surface area (Å²) in [5, 5.41) is 19.8. The molecule has 0 aromatic heterocycles. The van der Waals surface area contributed by atoms with E-state index >= 15 is 0 Å². The molecular weight excluding hydrogens is 212 g/mol. The zero-order valence-electron chi connectivity index (χ0n) is 9.64. The van der Waals surface area contributed by atoms with Gasteiger partial charge in [0.05, 0.1) is 6.04 Å². The van der Waals surface area contributed by atoms with Gasteiger partial charge in [0, 0.05) is 13.0 Å². The highest BCUT2D eigenvalue weighted by Crippen LogP contribution is 2.02. The Labute approximate surface area is 94.8 Å². The van der Waals surface area contributed by atoms with Crippen LogP contribution < -0.4 is 11.1 Å². The molecule has 0 spiro atoms. The number of nitrogens with one attached hydrogen (secondary N) is 1. The van der Waals surface area contributed by atoms with Gasteiger partial charge in [0.25, 0.3) is 0 Å². The molecule has 0 fully saturated rings. The van der Waals surface area contributed by atoms with Gasteiger partial charge in [0.1, 0.15) is 0 Å². The van der Waals surface area contributed by atoms with Crippen molar-refractivity contribution in [2.45, 2.75) is 38.8 Å². The molecule has 0 saturated carbocycles. The second-order valence-corrected chi connectivity index (χ2v) is 4.17. The topological polar surface area (TPSA) is 113 Å². The highest BCUT2D eigenvalue weighted by Gasteiger charge is 2.16. The van der Waals surface area contributed by atoms with E-state index in [1.807, 2.05) is 13.8 Å². The van der Waals surface area contributed by atoms with Gasteiger partial charge < -0.3 is 21.3 Å². The van der Waals surface area contributed by atoms with Crippen LogP contribution in [-0.2, 0) is 9.59 Å². The maximum Gasteiger partial charge on any atom is 0.332 e. The molecule has 1 unspecified atom stereocenters. The standard InChI is InChI=1S/C10H20N2O4/c1-6(2)5-7(11)9(14)12-4-3-8(13)10(15)16/h6-8,13H,3-5,11H2,1-2H3,(H,12,14)(H,15,16)/t7-,8?/m0/s1. The molecule has 6 nitrogen and oxygen atoms in total. The molecule has 2 atom stereocenters. The Morgan fingerprint density at radius 2 is 1.94 bits per heavy atom. The van der Waals surface area contributed by atoms with Crippen LogP contribution in [0.1, 0.15) is 26.7 Å². The second-order valence-electron chi connectivity index (χ2n) is 4.17. The first-order chi connectivity index (χ1) is 7.34. The molecule has 94 valence electrons. The third-order valence-electron chi connectivity index (χ3n) is 2.06. The number of rotatable bonds is 7. The predicted molar refractivity (Wildman–Crippen MR) is 58.7 cm³/mol. The fourth-order valence-electron chi connectivity index (χ4n) is 1.20. The van der Waals surface area contributed by atoms with Gasteiger partial charge in [-0.2, -0.15) is 0 Å². The summed E-state index contributed by atoms with van der Waals surface area (Å²) < 4.78 is 0. The van der Waals surface area contributed by atoms with Crippen molar-refractivity contribution < 1.29 is 19.8 Å². The average Bonchev–Trinajstić information content (AvgIpc) is 2.15. The van der Waals surface area contributed by atoms with Crippen molar-refractivity contribution in [3.8, 4) is 0 Å². The van der Waals surface area contributed by atoms with E-state index in [1.165, 1.54) is 0 Å². The zero-order chi connectivity index (χ0) is 12.7. The maximum atomic E-state index is 11.4. The third kappa shape index (κ3) is 6.36. The van der Waals surface area contributed by atoms with Gasteiger partial charge in [-0.1, -0.05) is 13.8 Å². The number of carboxylic acids is 1. The van der Waals surface area contributed by atoms with Crippen LogP contribution in [0.25, 0.3) is 0 Å². The van der Waals surface area contributed by atoms with Crippen molar-refractivity contribution in [2.24, 2.45) is 11.7 Å². The van der Waals surface area contributed by atoms with Crippen LogP contribution in [-0.4, -0.2) is 40.8 Å². The minimum absolute atomic E-state index is 0.0184. The van der Waals surface area contributed by atoms with Crippen molar-refractivity contribution in [3.05, 3.63) is 0 Å². The van der Waals surface area contributed by atoms with Crippen LogP contribution in [0.2, 0.25) is 0 Å². The van der Waals surface area contributed by atoms with Gasteiger partial charge in [0.2, 0.25) is 5.91 Å². The minimum Gasteiger partial charge on any atom is -0.479 e. The largest absolute Gasteiger partial charge is 0.479 e. The number of amides is 1. The van der Waals surface area contributed by atoms with E-state index in [-0.39, 0.29) is 18.9 Å². The van der Waals surface area contributed by atoms with Crippen LogP contribution in [0.15, 0.2) is 0 Å². The summed E-state index contributed by atoms with van der Waals surface area (Å²) in [7, 11) is 0. The maximum absolute atomic E-state index is 11.4. The molecule has 6 heteroatoms. The lowest BCUT2D eigenvalue weighted by atomic mass is 10.0. The monoisotopic (exact) mass is 232 g/mol. The van der Waals surface area contributed by atoms with E-state index < -0.39 is 18.1 Å². The van der Waals surface area contributed by atoms with Gasteiger partial charge in [0.15, 0.2) is 6.10 Å². The highest BCUT2D eigenvalue weighted by molar-refractivity contribution is 5.81. The summed E-state index contributed by atoms with van der Waals surface area (Å²) in [6.07, 6.45) is -0.885. The lowest BCUT2D eigenvalue weighted by Gasteiger charge is -2.14. The molecule has 16 heavy (non-hydrogen) atoms. The quantitative estimate of drug-likeness (QED) is 0.464. The van der Waals surface area contributed by atoms with Crippen LogP contribution in [0, 0.1) is 5.92 Å². The summed E-state index contributed by atoms with van der Waals surface area (Å²) >= 11 is 0. The Balaban J connectivity index is 3.77. The molecule has 0 radical (unpaired) electrons. The predicted octanol–water partition coefficient (Wildman–Crippen LogP) is -0.688. The summed E-state index contributed by atoms with van der Waals surface area (Å²) in [4.78, 5) is 21.6. The van der Waals surface area contributed by atoms with Gasteiger partial charge in [-0.15, -0.1) is 0 Å². The number of hydrogen-bond acceptors (Lipinski definition) is 4. The van der Waals surface area contributed by atoms with Crippen LogP contribution >= 0.6 is 0 Å². The Morgan fingerprint density at radius 3 is 2.38 bits per heavy atom.